The van der Waals surface area contributed by atoms with Gasteiger partial charge in [0.15, 0.2) is 0 Å². The lowest BCUT2D eigenvalue weighted by Crippen LogP contribution is -2.06. The molecule has 0 saturated carbocycles. The average molecular weight is 199 g/mol. The Labute approximate surface area is 84.7 Å². The summed E-state index contributed by atoms with van der Waals surface area (Å²) < 4.78 is 5.56. The maximum absolute atomic E-state index is 5.81. The van der Waals surface area contributed by atoms with Crippen molar-refractivity contribution in [3.63, 3.8) is 0 Å². The normalized spacial score (nSPS) is 12.5. The standard InChI is InChI=1S/C11H15ClO/c1-3-9(2)8-13-11-6-4-5-10(12)7-11/h4-7,9H,3,8H2,1-2H3. The van der Waals surface area contributed by atoms with Gasteiger partial charge in [0.25, 0.3) is 0 Å². The Kier molecular flexibility index (Phi) is 4.10. The van der Waals surface area contributed by atoms with Crippen molar-refractivity contribution in [2.75, 3.05) is 6.61 Å². The molecular weight excluding hydrogens is 184 g/mol. The fraction of sp³-hybridized carbons (Fsp3) is 0.455. The highest BCUT2D eigenvalue weighted by Gasteiger charge is 2.00. The molecule has 1 rings (SSSR count). The van der Waals surface area contributed by atoms with E-state index in [9.17, 15) is 0 Å². The zero-order valence-electron chi connectivity index (χ0n) is 8.09. The molecule has 0 amide bonds. The monoisotopic (exact) mass is 198 g/mol. The first-order valence-corrected chi connectivity index (χ1v) is 4.98. The molecule has 1 atom stereocenters. The molecule has 0 N–H and O–H groups in total. The average Bonchev–Trinajstić information content (AvgIpc) is 2.14. The molecule has 1 aromatic carbocycles. The summed E-state index contributed by atoms with van der Waals surface area (Å²) in [6.45, 7) is 5.09. The van der Waals surface area contributed by atoms with Gasteiger partial charge in [0.1, 0.15) is 5.75 Å². The van der Waals surface area contributed by atoms with E-state index in [0.717, 1.165) is 23.8 Å². The van der Waals surface area contributed by atoms with Gasteiger partial charge in [-0.1, -0.05) is 37.9 Å². The smallest absolute Gasteiger partial charge is 0.120 e. The van der Waals surface area contributed by atoms with Crippen LogP contribution in [-0.2, 0) is 0 Å². The van der Waals surface area contributed by atoms with Crippen LogP contribution in [0.5, 0.6) is 5.75 Å². The van der Waals surface area contributed by atoms with E-state index in [4.69, 9.17) is 16.3 Å². The van der Waals surface area contributed by atoms with Gasteiger partial charge in [0.2, 0.25) is 0 Å². The van der Waals surface area contributed by atoms with Crippen molar-refractivity contribution >= 4 is 11.6 Å². The van der Waals surface area contributed by atoms with E-state index in [1.54, 1.807) is 0 Å². The Morgan fingerprint density at radius 3 is 2.85 bits per heavy atom. The van der Waals surface area contributed by atoms with Crippen LogP contribution < -0.4 is 4.74 Å². The highest BCUT2D eigenvalue weighted by atomic mass is 35.5. The van der Waals surface area contributed by atoms with Crippen molar-refractivity contribution in [3.05, 3.63) is 29.3 Å². The van der Waals surface area contributed by atoms with Gasteiger partial charge in [-0.3, -0.25) is 0 Å². The van der Waals surface area contributed by atoms with E-state index < -0.39 is 0 Å². The number of ether oxygens (including phenoxy) is 1. The van der Waals surface area contributed by atoms with Crippen LogP contribution in [0.1, 0.15) is 20.3 Å². The summed E-state index contributed by atoms with van der Waals surface area (Å²) >= 11 is 5.81. The van der Waals surface area contributed by atoms with E-state index in [1.807, 2.05) is 24.3 Å². The summed E-state index contributed by atoms with van der Waals surface area (Å²) in [5.74, 6) is 1.45. The van der Waals surface area contributed by atoms with E-state index in [0.29, 0.717) is 5.92 Å². The number of benzene rings is 1. The molecule has 1 unspecified atom stereocenters. The highest BCUT2D eigenvalue weighted by Crippen LogP contribution is 2.17. The van der Waals surface area contributed by atoms with Gasteiger partial charge in [-0.2, -0.15) is 0 Å². The van der Waals surface area contributed by atoms with Crippen LogP contribution in [0.4, 0.5) is 0 Å². The minimum Gasteiger partial charge on any atom is -0.493 e. The van der Waals surface area contributed by atoms with Crippen LogP contribution in [0.15, 0.2) is 24.3 Å². The van der Waals surface area contributed by atoms with Gasteiger partial charge in [-0.05, 0) is 24.1 Å². The lowest BCUT2D eigenvalue weighted by atomic mass is 10.1. The molecule has 0 radical (unpaired) electrons. The Bertz CT molecular complexity index is 260. The van der Waals surface area contributed by atoms with Gasteiger partial charge in [-0.15, -0.1) is 0 Å². The maximum atomic E-state index is 5.81. The van der Waals surface area contributed by atoms with Crippen LogP contribution in [0, 0.1) is 5.92 Å². The summed E-state index contributed by atoms with van der Waals surface area (Å²) in [5.41, 5.74) is 0. The van der Waals surface area contributed by atoms with E-state index in [-0.39, 0.29) is 0 Å². The van der Waals surface area contributed by atoms with Crippen LogP contribution in [0.3, 0.4) is 0 Å². The Morgan fingerprint density at radius 2 is 2.23 bits per heavy atom. The van der Waals surface area contributed by atoms with Gasteiger partial charge in [0, 0.05) is 5.02 Å². The van der Waals surface area contributed by atoms with Crippen molar-refractivity contribution in [1.29, 1.82) is 0 Å². The predicted octanol–water partition coefficient (Wildman–Crippen LogP) is 3.76. The molecule has 0 fully saturated rings. The minimum absolute atomic E-state index is 0.596. The maximum Gasteiger partial charge on any atom is 0.120 e. The summed E-state index contributed by atoms with van der Waals surface area (Å²) in [5, 5.41) is 0.724. The topological polar surface area (TPSA) is 9.23 Å². The second-order valence-corrected chi connectivity index (χ2v) is 3.72. The Hall–Kier alpha value is -0.690. The third kappa shape index (κ3) is 3.69. The molecule has 13 heavy (non-hydrogen) atoms. The molecule has 72 valence electrons. The molecule has 0 aliphatic carbocycles. The number of halogens is 1. The molecule has 0 heterocycles. The summed E-state index contributed by atoms with van der Waals surface area (Å²) in [4.78, 5) is 0. The molecular formula is C11H15ClO. The fourth-order valence-electron chi connectivity index (χ4n) is 0.913. The van der Waals surface area contributed by atoms with E-state index >= 15 is 0 Å². The lowest BCUT2D eigenvalue weighted by molar-refractivity contribution is 0.256. The molecule has 0 aliphatic heterocycles. The molecule has 2 heteroatoms. The van der Waals surface area contributed by atoms with Gasteiger partial charge in [0.05, 0.1) is 6.61 Å². The third-order valence-electron chi connectivity index (χ3n) is 2.03. The fourth-order valence-corrected chi connectivity index (χ4v) is 1.09. The van der Waals surface area contributed by atoms with Gasteiger partial charge >= 0.3 is 0 Å². The molecule has 0 saturated heterocycles. The largest absolute Gasteiger partial charge is 0.493 e. The Morgan fingerprint density at radius 1 is 1.46 bits per heavy atom. The molecule has 0 bridgehead atoms. The number of hydrogen-bond acceptors (Lipinski definition) is 1. The van der Waals surface area contributed by atoms with Crippen LogP contribution in [0.25, 0.3) is 0 Å². The lowest BCUT2D eigenvalue weighted by Gasteiger charge is -2.10. The zero-order valence-corrected chi connectivity index (χ0v) is 8.84. The zero-order chi connectivity index (χ0) is 9.68. The van der Waals surface area contributed by atoms with Crippen molar-refractivity contribution < 1.29 is 4.74 Å². The van der Waals surface area contributed by atoms with Crippen molar-refractivity contribution in [3.8, 4) is 5.75 Å². The summed E-state index contributed by atoms with van der Waals surface area (Å²) in [6, 6.07) is 7.50. The quantitative estimate of drug-likeness (QED) is 0.716. The second-order valence-electron chi connectivity index (χ2n) is 3.28. The summed E-state index contributed by atoms with van der Waals surface area (Å²) in [7, 11) is 0. The van der Waals surface area contributed by atoms with Crippen LogP contribution in [-0.4, -0.2) is 6.61 Å². The number of hydrogen-bond donors (Lipinski definition) is 0. The number of rotatable bonds is 4. The third-order valence-corrected chi connectivity index (χ3v) is 2.26. The second kappa shape index (κ2) is 5.13. The Balaban J connectivity index is 2.45. The van der Waals surface area contributed by atoms with Crippen LogP contribution >= 0.6 is 11.6 Å². The predicted molar refractivity (Wildman–Crippen MR) is 56.4 cm³/mol. The molecule has 1 aromatic rings. The molecule has 1 nitrogen and oxygen atoms in total. The van der Waals surface area contributed by atoms with Gasteiger partial charge in [-0.25, -0.2) is 0 Å². The first kappa shape index (κ1) is 10.4. The first-order valence-electron chi connectivity index (χ1n) is 4.60. The van der Waals surface area contributed by atoms with Crippen molar-refractivity contribution in [2.45, 2.75) is 20.3 Å². The molecule has 0 aromatic heterocycles. The van der Waals surface area contributed by atoms with E-state index in [1.165, 1.54) is 0 Å². The summed E-state index contributed by atoms with van der Waals surface area (Å²) in [6.07, 6.45) is 1.14. The van der Waals surface area contributed by atoms with Crippen molar-refractivity contribution in [2.24, 2.45) is 5.92 Å². The first-order chi connectivity index (χ1) is 6.22. The van der Waals surface area contributed by atoms with Crippen molar-refractivity contribution in [1.82, 2.24) is 0 Å². The molecule has 0 spiro atoms. The van der Waals surface area contributed by atoms with Crippen LogP contribution in [0.2, 0.25) is 5.02 Å². The van der Waals surface area contributed by atoms with E-state index in [2.05, 4.69) is 13.8 Å². The highest BCUT2D eigenvalue weighted by molar-refractivity contribution is 6.30. The molecule has 0 aliphatic rings. The SMILES string of the molecule is CCC(C)COc1cccc(Cl)c1. The minimum atomic E-state index is 0.596. The van der Waals surface area contributed by atoms with Gasteiger partial charge < -0.3 is 4.74 Å².